The van der Waals surface area contributed by atoms with Crippen LogP contribution in [-0.4, -0.2) is 32.1 Å². The number of hydrogen-bond acceptors (Lipinski definition) is 2. The Bertz CT molecular complexity index is 1080. The summed E-state index contributed by atoms with van der Waals surface area (Å²) >= 11 is 0. The molecular weight excluding hydrogens is 246 g/mol. The van der Waals surface area contributed by atoms with Crippen molar-refractivity contribution in [2.45, 2.75) is 13.0 Å². The molecule has 2 nitrogen and oxygen atoms in total. The van der Waals surface area contributed by atoms with Crippen LogP contribution in [0.2, 0.25) is 0 Å². The van der Waals surface area contributed by atoms with E-state index in [1.165, 1.54) is 14.1 Å². The molecule has 106 valence electrons. The van der Waals surface area contributed by atoms with Gasteiger partial charge in [-0.15, -0.1) is 0 Å². The lowest BCUT2D eigenvalue weighted by molar-refractivity contribution is 0.0683. The van der Waals surface area contributed by atoms with Crippen molar-refractivity contribution in [3.8, 4) is 0 Å². The molecule has 0 aliphatic heterocycles. The summed E-state index contributed by atoms with van der Waals surface area (Å²) in [4.78, 5) is 1.14. The van der Waals surface area contributed by atoms with Crippen LogP contribution in [0.3, 0.4) is 0 Å². The fraction of sp³-hybridized carbons (Fsp3) is 0.333. The summed E-state index contributed by atoms with van der Waals surface area (Å²) < 4.78 is 118. The average molecular weight is 283 g/mol. The van der Waals surface area contributed by atoms with Crippen molar-refractivity contribution in [3.63, 3.8) is 0 Å². The lowest BCUT2D eigenvalue weighted by Gasteiger charge is -2.22. The summed E-state index contributed by atoms with van der Waals surface area (Å²) in [5.41, 5.74) is -2.07. The molecule has 2 aromatic rings. The first-order chi connectivity index (χ1) is 15.4. The highest BCUT2D eigenvalue weighted by atomic mass is 16.5. The van der Waals surface area contributed by atoms with Crippen LogP contribution < -0.4 is 0 Å². The first-order valence-electron chi connectivity index (χ1n) is 12.8. The molecule has 2 rings (SSSR count). The van der Waals surface area contributed by atoms with E-state index in [9.17, 15) is 0 Å². The fourth-order valence-corrected chi connectivity index (χ4v) is 1.47. The molecule has 0 aromatic heterocycles. The molecule has 2 aromatic carbocycles. The quantitative estimate of drug-likeness (QED) is 0.802. The van der Waals surface area contributed by atoms with Crippen LogP contribution in [0.25, 0.3) is 0 Å². The molecule has 0 bridgehead atoms. The maximum absolute atomic E-state index is 8.36. The fourth-order valence-electron chi connectivity index (χ4n) is 1.47. The van der Waals surface area contributed by atoms with Gasteiger partial charge in [0.2, 0.25) is 0 Å². The van der Waals surface area contributed by atoms with E-state index in [-0.39, 0.29) is 0 Å². The highest BCUT2D eigenvalue weighted by Crippen LogP contribution is 2.28. The Labute approximate surface area is 141 Å². The van der Waals surface area contributed by atoms with Gasteiger partial charge in [0.05, 0.1) is 18.9 Å². The molecule has 0 fully saturated rings. The first-order valence-corrected chi connectivity index (χ1v) is 5.82. The Hall–Kier alpha value is -1.64. The van der Waals surface area contributed by atoms with Gasteiger partial charge in [-0.25, -0.2) is 0 Å². The Morgan fingerprint density at radius 3 is 2.55 bits per heavy atom. The lowest BCUT2D eigenvalue weighted by Crippen LogP contribution is -2.20. The Morgan fingerprint density at radius 2 is 1.85 bits per heavy atom. The van der Waals surface area contributed by atoms with Gasteiger partial charge in [-0.3, -0.25) is 0 Å². The Balaban J connectivity index is 3.03. The monoisotopic (exact) mass is 283 g/mol. The van der Waals surface area contributed by atoms with Crippen LogP contribution in [0.4, 0.5) is 0 Å². The minimum absolute atomic E-state index is 0.573. The summed E-state index contributed by atoms with van der Waals surface area (Å²) in [7, 11) is 2.79. The van der Waals surface area contributed by atoms with Crippen molar-refractivity contribution in [1.82, 2.24) is 4.90 Å². The van der Waals surface area contributed by atoms with Gasteiger partial charge >= 0.3 is 0 Å². The largest absolute Gasteiger partial charge is 0.367 e. The zero-order chi connectivity index (χ0) is 26.5. The van der Waals surface area contributed by atoms with Crippen molar-refractivity contribution in [1.29, 1.82) is 0 Å². The standard InChI is InChI=1S/C18H23NO/c1-15-9-7-8-12-17(15)18(20-14-13-19(2)3)16-10-5-4-6-11-16/h4-12,18H,13-14H2,1-3H3/i1D3,4D,5D,6D,7D,8D,9D,10D,11D,12D,13D2. The smallest absolute Gasteiger partial charge is 0.108 e. The van der Waals surface area contributed by atoms with E-state index >= 15 is 0 Å². The minimum atomic E-state index is -3.10. The van der Waals surface area contributed by atoms with Gasteiger partial charge in [0.25, 0.3) is 0 Å². The number of rotatable bonds is 6. The molecule has 0 amide bonds. The molecule has 1 atom stereocenters. The zero-order valence-corrected chi connectivity index (χ0v) is 11.1. The second-order valence-electron chi connectivity index (χ2n) is 4.07. The molecular formula is C18H23NO. The third kappa shape index (κ3) is 3.92. The maximum Gasteiger partial charge on any atom is 0.108 e. The first kappa shape index (κ1) is 4.97. The SMILES string of the molecule is [2H]c1c([2H])c([2H])c(C(OCC([2H])([2H])N(C)C)c2c([2H])c([2H])c([2H])c([2H])c2C([2H])([2H])[2H])c([2H])c1[2H]. The molecule has 0 radical (unpaired) electrons. The summed E-state index contributed by atoms with van der Waals surface area (Å²) in [5.74, 6) is 0. The number of likely N-dealkylation sites (N-methyl/N-ethyl adjacent to an activating group) is 1. The highest BCUT2D eigenvalue weighted by Gasteiger charge is 2.16. The number of nitrogens with zero attached hydrogens (tertiary/aromatic N) is 1. The van der Waals surface area contributed by atoms with Crippen LogP contribution in [0.5, 0.6) is 0 Å². The average Bonchev–Trinajstić information content (AvgIpc) is 2.73. The van der Waals surface area contributed by atoms with Crippen LogP contribution in [0.1, 0.15) is 42.0 Å². The molecule has 0 heterocycles. The molecule has 1 unspecified atom stereocenters. The van der Waals surface area contributed by atoms with Gasteiger partial charge < -0.3 is 9.64 Å². The van der Waals surface area contributed by atoms with Crippen molar-refractivity contribution >= 4 is 0 Å². The Kier molecular flexibility index (Phi) is 1.80. The van der Waals surface area contributed by atoms with Crippen molar-refractivity contribution in [2.24, 2.45) is 0 Å². The van der Waals surface area contributed by atoms with Crippen LogP contribution in [0.15, 0.2) is 54.4 Å². The van der Waals surface area contributed by atoms with Gasteiger partial charge in [0.1, 0.15) is 6.10 Å². The lowest BCUT2D eigenvalue weighted by atomic mass is 9.97. The molecule has 0 aliphatic rings. The predicted octanol–water partition coefficient (Wildman–Crippen LogP) is 3.66. The van der Waals surface area contributed by atoms with E-state index in [1.807, 2.05) is 0 Å². The maximum atomic E-state index is 8.36. The van der Waals surface area contributed by atoms with Gasteiger partial charge in [0, 0.05) is 13.4 Å². The second kappa shape index (κ2) is 7.22. The minimum Gasteiger partial charge on any atom is -0.367 e. The summed E-state index contributed by atoms with van der Waals surface area (Å²) in [5, 5.41) is 0. The van der Waals surface area contributed by atoms with Crippen LogP contribution >= 0.6 is 0 Å². The predicted molar refractivity (Wildman–Crippen MR) is 84.0 cm³/mol. The van der Waals surface area contributed by atoms with Crippen LogP contribution in [-0.2, 0) is 4.74 Å². The van der Waals surface area contributed by atoms with Gasteiger partial charge in [-0.2, -0.15) is 0 Å². The third-order valence-electron chi connectivity index (χ3n) is 2.39. The van der Waals surface area contributed by atoms with E-state index in [4.69, 9.17) is 23.9 Å². The summed E-state index contributed by atoms with van der Waals surface area (Å²) in [6.07, 6.45) is -1.92. The molecule has 20 heavy (non-hydrogen) atoms. The van der Waals surface area contributed by atoms with E-state index in [2.05, 4.69) is 0 Å². The zero-order valence-electron chi connectivity index (χ0n) is 25.1. The van der Waals surface area contributed by atoms with Crippen molar-refractivity contribution < 1.29 is 23.9 Å². The van der Waals surface area contributed by atoms with Gasteiger partial charge in [-0.05, 0) is 37.6 Å². The van der Waals surface area contributed by atoms with Crippen molar-refractivity contribution in [2.75, 3.05) is 27.2 Å². The molecule has 0 saturated heterocycles. The second-order valence-corrected chi connectivity index (χ2v) is 4.07. The van der Waals surface area contributed by atoms with Crippen LogP contribution in [0, 0.1) is 6.85 Å². The normalized spacial score (nSPS) is 23.9. The summed E-state index contributed by atoms with van der Waals surface area (Å²) in [6, 6.07) is -7.19. The molecule has 0 saturated carbocycles. The van der Waals surface area contributed by atoms with Gasteiger partial charge in [0.15, 0.2) is 0 Å². The summed E-state index contributed by atoms with van der Waals surface area (Å²) in [6.45, 7) is -6.03. The van der Waals surface area contributed by atoms with Crippen molar-refractivity contribution in [3.05, 3.63) is 71.1 Å². The molecule has 2 heteroatoms. The third-order valence-corrected chi connectivity index (χ3v) is 2.39. The van der Waals surface area contributed by atoms with E-state index in [0.29, 0.717) is 0 Å². The molecule has 0 spiro atoms. The number of ether oxygens (including phenoxy) is 1. The number of benzene rings is 2. The number of hydrogen-bond donors (Lipinski definition) is 0. The molecule has 0 N–H and O–H groups in total. The topological polar surface area (TPSA) is 12.5 Å². The van der Waals surface area contributed by atoms with Gasteiger partial charge in [-0.1, -0.05) is 54.4 Å². The van der Waals surface area contributed by atoms with E-state index in [1.54, 1.807) is 0 Å². The van der Waals surface area contributed by atoms with E-state index in [0.717, 1.165) is 4.90 Å². The highest BCUT2D eigenvalue weighted by molar-refractivity contribution is 5.35. The van der Waals surface area contributed by atoms with E-state index < -0.39 is 97.1 Å². The Morgan fingerprint density at radius 1 is 1.15 bits per heavy atom. The molecule has 0 aliphatic carbocycles.